The first-order valence-corrected chi connectivity index (χ1v) is 7.55. The molecule has 0 saturated heterocycles. The van der Waals surface area contributed by atoms with Gasteiger partial charge in [0.1, 0.15) is 17.2 Å². The fourth-order valence-electron chi connectivity index (χ4n) is 2.61. The Hall–Kier alpha value is -2.00. The Bertz CT molecular complexity index is 545. The zero-order chi connectivity index (χ0) is 14.5. The summed E-state index contributed by atoms with van der Waals surface area (Å²) >= 11 is 0. The third-order valence-electron chi connectivity index (χ3n) is 3.82. The van der Waals surface area contributed by atoms with Crippen LogP contribution in [0.1, 0.15) is 25.7 Å². The first-order valence-electron chi connectivity index (χ1n) is 7.55. The van der Waals surface area contributed by atoms with Crippen molar-refractivity contribution in [3.8, 4) is 17.2 Å². The number of ether oxygens (including phenoxy) is 2. The SMILES string of the molecule is NC1CCC(Oc2ccc(Oc3ccccc3)cc2)CC1. The highest BCUT2D eigenvalue weighted by Gasteiger charge is 2.19. The number of nitrogens with two attached hydrogens (primary N) is 1. The summed E-state index contributed by atoms with van der Waals surface area (Å²) in [5.41, 5.74) is 5.91. The molecule has 0 bridgehead atoms. The molecule has 0 radical (unpaired) electrons. The van der Waals surface area contributed by atoms with Crippen LogP contribution in [-0.2, 0) is 0 Å². The van der Waals surface area contributed by atoms with Crippen LogP contribution >= 0.6 is 0 Å². The summed E-state index contributed by atoms with van der Waals surface area (Å²) in [5.74, 6) is 2.56. The highest BCUT2D eigenvalue weighted by molar-refractivity contribution is 5.35. The fraction of sp³-hybridized carbons (Fsp3) is 0.333. The standard InChI is InChI=1S/C18H21NO2/c19-14-6-8-16(9-7-14)21-18-12-10-17(11-13-18)20-15-4-2-1-3-5-15/h1-5,10-14,16H,6-9,19H2. The van der Waals surface area contributed by atoms with Crippen molar-refractivity contribution in [2.45, 2.75) is 37.8 Å². The Labute approximate surface area is 125 Å². The third-order valence-corrected chi connectivity index (χ3v) is 3.82. The second kappa shape index (κ2) is 6.64. The lowest BCUT2D eigenvalue weighted by atomic mass is 9.94. The van der Waals surface area contributed by atoms with Crippen molar-refractivity contribution in [1.82, 2.24) is 0 Å². The van der Waals surface area contributed by atoms with E-state index in [2.05, 4.69) is 0 Å². The molecule has 0 aromatic heterocycles. The average molecular weight is 283 g/mol. The average Bonchev–Trinajstić information content (AvgIpc) is 2.53. The molecule has 3 nitrogen and oxygen atoms in total. The Morgan fingerprint density at radius 1 is 0.714 bits per heavy atom. The molecular formula is C18H21NO2. The summed E-state index contributed by atoms with van der Waals surface area (Å²) in [4.78, 5) is 0. The van der Waals surface area contributed by atoms with Gasteiger partial charge in [-0.05, 0) is 62.1 Å². The Morgan fingerprint density at radius 2 is 1.29 bits per heavy atom. The minimum atomic E-state index is 0.297. The van der Waals surface area contributed by atoms with E-state index in [0.29, 0.717) is 12.1 Å². The van der Waals surface area contributed by atoms with E-state index in [1.165, 1.54) is 0 Å². The monoisotopic (exact) mass is 283 g/mol. The van der Waals surface area contributed by atoms with E-state index in [1.54, 1.807) is 0 Å². The summed E-state index contributed by atoms with van der Waals surface area (Å²) in [5, 5.41) is 0. The van der Waals surface area contributed by atoms with E-state index in [0.717, 1.165) is 42.9 Å². The van der Waals surface area contributed by atoms with Crippen molar-refractivity contribution < 1.29 is 9.47 Å². The summed E-state index contributed by atoms with van der Waals surface area (Å²) < 4.78 is 11.8. The van der Waals surface area contributed by atoms with Gasteiger partial charge >= 0.3 is 0 Å². The maximum Gasteiger partial charge on any atom is 0.127 e. The fourth-order valence-corrected chi connectivity index (χ4v) is 2.61. The van der Waals surface area contributed by atoms with E-state index in [-0.39, 0.29) is 0 Å². The van der Waals surface area contributed by atoms with Crippen molar-refractivity contribution in [1.29, 1.82) is 0 Å². The predicted molar refractivity (Wildman–Crippen MR) is 83.8 cm³/mol. The van der Waals surface area contributed by atoms with Gasteiger partial charge in [0.2, 0.25) is 0 Å². The number of rotatable bonds is 4. The van der Waals surface area contributed by atoms with Gasteiger partial charge in [0.25, 0.3) is 0 Å². The number of hydrogen-bond acceptors (Lipinski definition) is 3. The Morgan fingerprint density at radius 3 is 1.95 bits per heavy atom. The van der Waals surface area contributed by atoms with Gasteiger partial charge in [0.05, 0.1) is 6.10 Å². The van der Waals surface area contributed by atoms with Crippen molar-refractivity contribution in [2.24, 2.45) is 5.73 Å². The van der Waals surface area contributed by atoms with Crippen LogP contribution < -0.4 is 15.2 Å². The normalized spacial score (nSPS) is 21.8. The molecule has 1 fully saturated rings. The molecule has 0 spiro atoms. The second-order valence-electron chi connectivity index (χ2n) is 5.54. The smallest absolute Gasteiger partial charge is 0.127 e. The Balaban J connectivity index is 1.57. The molecule has 0 aliphatic heterocycles. The zero-order valence-electron chi connectivity index (χ0n) is 12.1. The van der Waals surface area contributed by atoms with Crippen LogP contribution in [0.3, 0.4) is 0 Å². The van der Waals surface area contributed by atoms with Gasteiger partial charge in [0.15, 0.2) is 0 Å². The van der Waals surface area contributed by atoms with Crippen LogP contribution in [0.2, 0.25) is 0 Å². The molecule has 0 heterocycles. The molecule has 1 aliphatic carbocycles. The quantitative estimate of drug-likeness (QED) is 0.917. The molecule has 3 heteroatoms. The molecule has 2 N–H and O–H groups in total. The maximum absolute atomic E-state index is 6.00. The lowest BCUT2D eigenvalue weighted by molar-refractivity contribution is 0.147. The third kappa shape index (κ3) is 3.99. The van der Waals surface area contributed by atoms with Crippen LogP contribution in [-0.4, -0.2) is 12.1 Å². The topological polar surface area (TPSA) is 44.5 Å². The van der Waals surface area contributed by atoms with E-state index >= 15 is 0 Å². The van der Waals surface area contributed by atoms with Crippen LogP contribution in [0.25, 0.3) is 0 Å². The van der Waals surface area contributed by atoms with Gasteiger partial charge in [0, 0.05) is 6.04 Å². The van der Waals surface area contributed by atoms with Crippen molar-refractivity contribution in [2.75, 3.05) is 0 Å². The van der Waals surface area contributed by atoms with E-state index < -0.39 is 0 Å². The number of hydrogen-bond donors (Lipinski definition) is 1. The van der Waals surface area contributed by atoms with Crippen molar-refractivity contribution in [3.05, 3.63) is 54.6 Å². The molecule has 3 rings (SSSR count). The zero-order valence-corrected chi connectivity index (χ0v) is 12.1. The van der Waals surface area contributed by atoms with Gasteiger partial charge in [-0.1, -0.05) is 18.2 Å². The molecule has 2 aromatic rings. The molecule has 0 unspecified atom stereocenters. The number of benzene rings is 2. The highest BCUT2D eigenvalue weighted by atomic mass is 16.5. The highest BCUT2D eigenvalue weighted by Crippen LogP contribution is 2.26. The van der Waals surface area contributed by atoms with E-state index in [4.69, 9.17) is 15.2 Å². The summed E-state index contributed by atoms with van der Waals surface area (Å²) in [6.45, 7) is 0. The van der Waals surface area contributed by atoms with E-state index in [1.807, 2.05) is 54.6 Å². The lowest BCUT2D eigenvalue weighted by Crippen LogP contribution is -2.31. The van der Waals surface area contributed by atoms with Gasteiger partial charge in [-0.2, -0.15) is 0 Å². The van der Waals surface area contributed by atoms with Crippen LogP contribution in [0.15, 0.2) is 54.6 Å². The predicted octanol–water partition coefficient (Wildman–Crippen LogP) is 4.13. The molecule has 0 atom stereocenters. The molecule has 0 amide bonds. The van der Waals surface area contributed by atoms with E-state index in [9.17, 15) is 0 Å². The van der Waals surface area contributed by atoms with Gasteiger partial charge < -0.3 is 15.2 Å². The summed E-state index contributed by atoms with van der Waals surface area (Å²) in [6, 6.07) is 17.9. The molecule has 1 saturated carbocycles. The minimum absolute atomic E-state index is 0.297. The summed E-state index contributed by atoms with van der Waals surface area (Å²) in [7, 11) is 0. The van der Waals surface area contributed by atoms with Gasteiger partial charge in [-0.3, -0.25) is 0 Å². The van der Waals surface area contributed by atoms with Crippen LogP contribution in [0.4, 0.5) is 0 Å². The molecule has 2 aromatic carbocycles. The van der Waals surface area contributed by atoms with Crippen molar-refractivity contribution in [3.63, 3.8) is 0 Å². The van der Waals surface area contributed by atoms with Crippen molar-refractivity contribution >= 4 is 0 Å². The minimum Gasteiger partial charge on any atom is -0.490 e. The summed E-state index contributed by atoms with van der Waals surface area (Å²) in [6.07, 6.45) is 4.50. The Kier molecular flexibility index (Phi) is 4.41. The van der Waals surface area contributed by atoms with Crippen LogP contribution in [0.5, 0.6) is 17.2 Å². The lowest BCUT2D eigenvalue weighted by Gasteiger charge is -2.26. The van der Waals surface area contributed by atoms with Crippen LogP contribution in [0, 0.1) is 0 Å². The van der Waals surface area contributed by atoms with Gasteiger partial charge in [-0.15, -0.1) is 0 Å². The molecule has 21 heavy (non-hydrogen) atoms. The number of para-hydroxylation sites is 1. The molecule has 110 valence electrons. The molecular weight excluding hydrogens is 262 g/mol. The second-order valence-corrected chi connectivity index (χ2v) is 5.54. The maximum atomic E-state index is 6.00. The first kappa shape index (κ1) is 14.0. The largest absolute Gasteiger partial charge is 0.490 e. The molecule has 1 aliphatic rings. The first-order chi connectivity index (χ1) is 10.3. The van der Waals surface area contributed by atoms with Gasteiger partial charge in [-0.25, -0.2) is 0 Å².